The molecule has 130 valence electrons. The maximum Gasteiger partial charge on any atom is 0.410 e. The second-order valence-electron chi connectivity index (χ2n) is 7.10. The van der Waals surface area contributed by atoms with Crippen molar-refractivity contribution in [1.82, 2.24) is 10.2 Å². The molecule has 0 radical (unpaired) electrons. The summed E-state index contributed by atoms with van der Waals surface area (Å²) in [6, 6.07) is 0.602. The van der Waals surface area contributed by atoms with E-state index in [1.54, 1.807) is 12.0 Å². The van der Waals surface area contributed by atoms with Gasteiger partial charge in [-0.1, -0.05) is 25.7 Å². The average Bonchev–Trinajstić information content (AvgIpc) is 2.69. The molecule has 5 heteroatoms. The Bertz CT molecular complexity index is 308. The quantitative estimate of drug-likeness (QED) is 0.733. The summed E-state index contributed by atoms with van der Waals surface area (Å²) in [5, 5.41) is 3.60. The van der Waals surface area contributed by atoms with Crippen LogP contribution in [0, 0.1) is 0 Å². The van der Waals surface area contributed by atoms with Crippen molar-refractivity contribution >= 4 is 6.09 Å². The lowest BCUT2D eigenvalue weighted by Crippen LogP contribution is -2.43. The van der Waals surface area contributed by atoms with Crippen LogP contribution in [0.4, 0.5) is 4.79 Å². The summed E-state index contributed by atoms with van der Waals surface area (Å²) in [6.45, 7) is 8.25. The molecule has 0 heterocycles. The number of hydrogen-bond acceptors (Lipinski definition) is 4. The van der Waals surface area contributed by atoms with Gasteiger partial charge in [0, 0.05) is 32.8 Å². The summed E-state index contributed by atoms with van der Waals surface area (Å²) in [5.41, 5.74) is -0.461. The van der Waals surface area contributed by atoms with Crippen molar-refractivity contribution < 1.29 is 14.3 Å². The molecule has 1 N–H and O–H groups in total. The van der Waals surface area contributed by atoms with Gasteiger partial charge in [0.25, 0.3) is 0 Å². The minimum atomic E-state index is -0.461. The SMILES string of the molecule is COCCN(CCNC1CCCCCC1)C(=O)OC(C)(C)C. The monoisotopic (exact) mass is 314 g/mol. The number of nitrogens with zero attached hydrogens (tertiary/aromatic N) is 1. The van der Waals surface area contributed by atoms with Crippen LogP contribution < -0.4 is 5.32 Å². The molecule has 0 atom stereocenters. The predicted octanol–water partition coefficient (Wildman–Crippen LogP) is 3.18. The van der Waals surface area contributed by atoms with Crippen LogP contribution in [0.25, 0.3) is 0 Å². The molecule has 0 aromatic heterocycles. The van der Waals surface area contributed by atoms with Crippen molar-refractivity contribution in [1.29, 1.82) is 0 Å². The second-order valence-corrected chi connectivity index (χ2v) is 7.10. The van der Waals surface area contributed by atoms with E-state index in [1.165, 1.54) is 38.5 Å². The van der Waals surface area contributed by atoms with Gasteiger partial charge in [0.1, 0.15) is 5.60 Å². The molecule has 1 aliphatic rings. The van der Waals surface area contributed by atoms with Gasteiger partial charge in [0.2, 0.25) is 0 Å². The summed E-state index contributed by atoms with van der Waals surface area (Å²) in [6.07, 6.45) is 7.60. The average molecular weight is 314 g/mol. The van der Waals surface area contributed by atoms with Crippen molar-refractivity contribution in [3.8, 4) is 0 Å². The van der Waals surface area contributed by atoms with Gasteiger partial charge in [-0.15, -0.1) is 0 Å². The standard InChI is InChI=1S/C17H34N2O3/c1-17(2,3)22-16(20)19(13-14-21-4)12-11-18-15-9-7-5-6-8-10-15/h15,18H,5-14H2,1-4H3. The predicted molar refractivity (Wildman–Crippen MR) is 89.2 cm³/mol. The van der Waals surface area contributed by atoms with Crippen LogP contribution in [0.5, 0.6) is 0 Å². The number of methoxy groups -OCH3 is 1. The highest BCUT2D eigenvalue weighted by Crippen LogP contribution is 2.17. The van der Waals surface area contributed by atoms with Gasteiger partial charge in [-0.05, 0) is 33.6 Å². The van der Waals surface area contributed by atoms with E-state index in [-0.39, 0.29) is 6.09 Å². The summed E-state index contributed by atoms with van der Waals surface area (Å²) in [7, 11) is 1.65. The number of carbonyl (C=O) groups excluding carboxylic acids is 1. The number of hydrogen-bond donors (Lipinski definition) is 1. The molecule has 1 amide bonds. The molecule has 0 aromatic rings. The lowest BCUT2D eigenvalue weighted by molar-refractivity contribution is 0.0202. The summed E-state index contributed by atoms with van der Waals surface area (Å²) >= 11 is 0. The Kier molecular flexibility index (Phi) is 8.79. The molecule has 0 bridgehead atoms. The molecule has 5 nitrogen and oxygen atoms in total. The lowest BCUT2D eigenvalue weighted by atomic mass is 10.1. The molecule has 0 saturated heterocycles. The van der Waals surface area contributed by atoms with Gasteiger partial charge in [-0.2, -0.15) is 0 Å². The van der Waals surface area contributed by atoms with Gasteiger partial charge in [0.05, 0.1) is 6.61 Å². The molecule has 1 rings (SSSR count). The first kappa shape index (κ1) is 19.2. The molecule has 1 aliphatic carbocycles. The summed E-state index contributed by atoms with van der Waals surface area (Å²) < 4.78 is 10.6. The summed E-state index contributed by atoms with van der Waals surface area (Å²) in [5.74, 6) is 0. The Morgan fingerprint density at radius 3 is 2.32 bits per heavy atom. The van der Waals surface area contributed by atoms with Crippen molar-refractivity contribution in [2.45, 2.75) is 70.9 Å². The molecular weight excluding hydrogens is 280 g/mol. The molecule has 22 heavy (non-hydrogen) atoms. The van der Waals surface area contributed by atoms with Crippen molar-refractivity contribution in [2.75, 3.05) is 33.4 Å². The molecule has 0 spiro atoms. The van der Waals surface area contributed by atoms with E-state index < -0.39 is 5.60 Å². The molecular formula is C17H34N2O3. The zero-order valence-electron chi connectivity index (χ0n) is 14.8. The van der Waals surface area contributed by atoms with Gasteiger partial charge in [-0.25, -0.2) is 4.79 Å². The van der Waals surface area contributed by atoms with Crippen LogP contribution in [0.2, 0.25) is 0 Å². The van der Waals surface area contributed by atoms with E-state index in [0.717, 1.165) is 6.54 Å². The number of rotatable bonds is 7. The van der Waals surface area contributed by atoms with Crippen LogP contribution in [-0.2, 0) is 9.47 Å². The van der Waals surface area contributed by atoms with E-state index in [9.17, 15) is 4.79 Å². The maximum absolute atomic E-state index is 12.2. The lowest BCUT2D eigenvalue weighted by Gasteiger charge is -2.28. The zero-order chi connectivity index (χ0) is 16.4. The topological polar surface area (TPSA) is 50.8 Å². The first-order valence-electron chi connectivity index (χ1n) is 8.62. The Balaban J connectivity index is 2.37. The van der Waals surface area contributed by atoms with E-state index in [4.69, 9.17) is 9.47 Å². The third-order valence-corrected chi connectivity index (χ3v) is 3.89. The fourth-order valence-corrected chi connectivity index (χ4v) is 2.71. The molecule has 0 unspecified atom stereocenters. The normalized spacial score (nSPS) is 17.1. The van der Waals surface area contributed by atoms with E-state index in [2.05, 4.69) is 5.32 Å². The van der Waals surface area contributed by atoms with Crippen molar-refractivity contribution in [2.24, 2.45) is 0 Å². The highest BCUT2D eigenvalue weighted by atomic mass is 16.6. The number of amides is 1. The third kappa shape index (κ3) is 8.59. The highest BCUT2D eigenvalue weighted by Gasteiger charge is 2.22. The molecule has 1 fully saturated rings. The second kappa shape index (κ2) is 10.1. The number of carbonyl (C=O) groups is 1. The smallest absolute Gasteiger partial charge is 0.410 e. The molecule has 1 saturated carbocycles. The fraction of sp³-hybridized carbons (Fsp3) is 0.941. The minimum absolute atomic E-state index is 0.257. The fourth-order valence-electron chi connectivity index (χ4n) is 2.71. The summed E-state index contributed by atoms with van der Waals surface area (Å²) in [4.78, 5) is 14.0. The Morgan fingerprint density at radius 2 is 1.77 bits per heavy atom. The molecule has 0 aliphatic heterocycles. The van der Waals surface area contributed by atoms with Crippen molar-refractivity contribution in [3.05, 3.63) is 0 Å². The van der Waals surface area contributed by atoms with E-state index >= 15 is 0 Å². The van der Waals surface area contributed by atoms with Crippen molar-refractivity contribution in [3.63, 3.8) is 0 Å². The Hall–Kier alpha value is -0.810. The van der Waals surface area contributed by atoms with Crippen LogP contribution in [0.1, 0.15) is 59.3 Å². The van der Waals surface area contributed by atoms with E-state index in [1.807, 2.05) is 20.8 Å². The number of ether oxygens (including phenoxy) is 2. The van der Waals surface area contributed by atoms with Gasteiger partial charge >= 0.3 is 6.09 Å². The van der Waals surface area contributed by atoms with Gasteiger partial charge in [-0.3, -0.25) is 0 Å². The number of nitrogens with one attached hydrogen (secondary N) is 1. The minimum Gasteiger partial charge on any atom is -0.444 e. The van der Waals surface area contributed by atoms with Gasteiger partial charge < -0.3 is 19.7 Å². The van der Waals surface area contributed by atoms with Crippen LogP contribution >= 0.6 is 0 Å². The largest absolute Gasteiger partial charge is 0.444 e. The first-order valence-corrected chi connectivity index (χ1v) is 8.62. The van der Waals surface area contributed by atoms with E-state index in [0.29, 0.717) is 25.7 Å². The van der Waals surface area contributed by atoms with Crippen LogP contribution in [-0.4, -0.2) is 56.0 Å². The molecule has 0 aromatic carbocycles. The van der Waals surface area contributed by atoms with Crippen LogP contribution in [0.15, 0.2) is 0 Å². The first-order chi connectivity index (χ1) is 10.4. The Morgan fingerprint density at radius 1 is 1.14 bits per heavy atom. The van der Waals surface area contributed by atoms with Gasteiger partial charge in [0.15, 0.2) is 0 Å². The highest BCUT2D eigenvalue weighted by molar-refractivity contribution is 5.68. The maximum atomic E-state index is 12.2. The van der Waals surface area contributed by atoms with Crippen LogP contribution in [0.3, 0.4) is 0 Å². The Labute approximate surface area is 135 Å². The zero-order valence-corrected chi connectivity index (χ0v) is 14.8. The third-order valence-electron chi connectivity index (χ3n) is 3.89.